The number of nitrogens with one attached hydrogen (secondary N) is 1. The van der Waals surface area contributed by atoms with Crippen molar-refractivity contribution in [2.75, 3.05) is 19.7 Å². The highest BCUT2D eigenvalue weighted by Crippen LogP contribution is 2.36. The molecule has 0 bridgehead atoms. The summed E-state index contributed by atoms with van der Waals surface area (Å²) in [6.45, 7) is 5.48. The highest BCUT2D eigenvalue weighted by Gasteiger charge is 2.49. The van der Waals surface area contributed by atoms with Crippen LogP contribution in [0.1, 0.15) is 32.3 Å². The molecule has 0 aromatic heterocycles. The van der Waals surface area contributed by atoms with Crippen molar-refractivity contribution in [3.63, 3.8) is 0 Å². The summed E-state index contributed by atoms with van der Waals surface area (Å²) in [6, 6.07) is 9.87. The van der Waals surface area contributed by atoms with Crippen LogP contribution in [-0.4, -0.2) is 41.7 Å². The minimum absolute atomic E-state index is 0.00840. The van der Waals surface area contributed by atoms with Gasteiger partial charge in [-0.1, -0.05) is 43.7 Å². The van der Waals surface area contributed by atoms with Crippen molar-refractivity contribution < 1.29 is 14.7 Å². The maximum atomic E-state index is 12.6. The largest absolute Gasteiger partial charge is 0.395 e. The Bertz CT molecular complexity index is 480. The molecule has 1 fully saturated rings. The molecule has 1 aromatic carbocycles. The Balaban J connectivity index is 1.96. The van der Waals surface area contributed by atoms with Gasteiger partial charge in [-0.3, -0.25) is 9.63 Å². The van der Waals surface area contributed by atoms with E-state index in [1.54, 1.807) is 4.90 Å². The van der Waals surface area contributed by atoms with Gasteiger partial charge in [0, 0.05) is 13.1 Å². The van der Waals surface area contributed by atoms with Crippen LogP contribution in [0.5, 0.6) is 0 Å². The first kappa shape index (κ1) is 16.9. The molecule has 1 saturated heterocycles. The lowest BCUT2D eigenvalue weighted by molar-refractivity contribution is -0.137. The van der Waals surface area contributed by atoms with Crippen LogP contribution in [0, 0.1) is 5.41 Å². The Kier molecular flexibility index (Phi) is 5.94. The summed E-state index contributed by atoms with van der Waals surface area (Å²) in [5.74, 6) is 0.101. The van der Waals surface area contributed by atoms with Crippen LogP contribution < -0.4 is 5.48 Å². The number of hydrogen-bond acceptors (Lipinski definition) is 4. The van der Waals surface area contributed by atoms with Gasteiger partial charge in [-0.05, 0) is 18.9 Å². The summed E-state index contributed by atoms with van der Waals surface area (Å²) < 4.78 is 0. The summed E-state index contributed by atoms with van der Waals surface area (Å²) in [5, 5.41) is 9.11. The van der Waals surface area contributed by atoms with Crippen molar-refractivity contribution in [3.05, 3.63) is 35.9 Å². The Morgan fingerprint density at radius 3 is 2.77 bits per heavy atom. The second-order valence-electron chi connectivity index (χ2n) is 6.09. The molecule has 1 amide bonds. The lowest BCUT2D eigenvalue weighted by Gasteiger charge is -2.28. The number of aliphatic hydroxyl groups excluding tert-OH is 1. The first-order valence-electron chi connectivity index (χ1n) is 7.93. The Morgan fingerprint density at radius 1 is 1.41 bits per heavy atom. The molecule has 1 heterocycles. The molecule has 22 heavy (non-hydrogen) atoms. The van der Waals surface area contributed by atoms with Crippen LogP contribution in [0.25, 0.3) is 0 Å². The molecule has 0 spiro atoms. The molecule has 1 aromatic rings. The van der Waals surface area contributed by atoms with Crippen LogP contribution >= 0.6 is 0 Å². The molecule has 2 N–H and O–H groups in total. The van der Waals surface area contributed by atoms with Gasteiger partial charge in [0.15, 0.2) is 0 Å². The molecule has 5 heteroatoms. The number of hydroxylamine groups is 1. The number of β-amino-alcohol motifs (C(OH)–C–C–N with tert-alkyl or cyclic N) is 1. The third-order valence-electron chi connectivity index (χ3n) is 4.39. The SMILES string of the molecule is CCCC1(C)C(=O)N(CCO)CC1NOCc1ccccc1. The molecular formula is C17H26N2O3. The zero-order valence-electron chi connectivity index (χ0n) is 13.4. The van der Waals surface area contributed by atoms with E-state index in [-0.39, 0.29) is 18.6 Å². The molecule has 2 unspecified atom stereocenters. The molecule has 2 atom stereocenters. The summed E-state index contributed by atoms with van der Waals surface area (Å²) in [7, 11) is 0. The zero-order valence-corrected chi connectivity index (χ0v) is 13.4. The molecule has 122 valence electrons. The third-order valence-corrected chi connectivity index (χ3v) is 4.39. The van der Waals surface area contributed by atoms with Crippen LogP contribution in [0.15, 0.2) is 30.3 Å². The minimum atomic E-state index is -0.472. The first-order valence-corrected chi connectivity index (χ1v) is 7.93. The standard InChI is InChI=1S/C17H26N2O3/c1-3-9-17(2)15(12-19(10-11-20)16(17)21)18-22-13-14-7-5-4-6-8-14/h4-8,15,18,20H,3,9-13H2,1-2H3. The van der Waals surface area contributed by atoms with Gasteiger partial charge in [-0.15, -0.1) is 0 Å². The predicted molar refractivity (Wildman–Crippen MR) is 84.8 cm³/mol. The van der Waals surface area contributed by atoms with Crippen molar-refractivity contribution in [2.45, 2.75) is 39.3 Å². The number of benzene rings is 1. The van der Waals surface area contributed by atoms with Crippen LogP contribution in [0.3, 0.4) is 0 Å². The number of aliphatic hydroxyl groups is 1. The molecule has 2 rings (SSSR count). The van der Waals surface area contributed by atoms with E-state index >= 15 is 0 Å². The summed E-state index contributed by atoms with van der Waals surface area (Å²) >= 11 is 0. The molecule has 1 aliphatic heterocycles. The van der Waals surface area contributed by atoms with Gasteiger partial charge in [0.1, 0.15) is 0 Å². The molecular weight excluding hydrogens is 280 g/mol. The van der Waals surface area contributed by atoms with Gasteiger partial charge in [0.2, 0.25) is 5.91 Å². The van der Waals surface area contributed by atoms with Gasteiger partial charge in [-0.2, -0.15) is 5.48 Å². The number of nitrogens with zero attached hydrogens (tertiary/aromatic N) is 1. The highest BCUT2D eigenvalue weighted by molar-refractivity contribution is 5.85. The number of rotatable bonds is 8. The fraction of sp³-hybridized carbons (Fsp3) is 0.588. The van der Waals surface area contributed by atoms with E-state index in [9.17, 15) is 4.79 Å². The van der Waals surface area contributed by atoms with Crippen molar-refractivity contribution in [3.8, 4) is 0 Å². The normalized spacial score (nSPS) is 25.0. The average Bonchev–Trinajstić information content (AvgIpc) is 2.74. The van der Waals surface area contributed by atoms with Gasteiger partial charge in [0.25, 0.3) is 0 Å². The van der Waals surface area contributed by atoms with Crippen LogP contribution in [-0.2, 0) is 16.2 Å². The van der Waals surface area contributed by atoms with Gasteiger partial charge in [0.05, 0.1) is 24.7 Å². The Morgan fingerprint density at radius 2 is 2.14 bits per heavy atom. The second kappa shape index (κ2) is 7.72. The van der Waals surface area contributed by atoms with E-state index in [0.29, 0.717) is 19.7 Å². The Labute approximate surface area is 132 Å². The van der Waals surface area contributed by atoms with Crippen LogP contribution in [0.4, 0.5) is 0 Å². The van der Waals surface area contributed by atoms with E-state index in [4.69, 9.17) is 9.94 Å². The quantitative estimate of drug-likeness (QED) is 0.718. The highest BCUT2D eigenvalue weighted by atomic mass is 16.6. The zero-order chi connectivity index (χ0) is 16.0. The van der Waals surface area contributed by atoms with Crippen molar-refractivity contribution in [1.29, 1.82) is 0 Å². The number of hydrogen-bond donors (Lipinski definition) is 2. The number of likely N-dealkylation sites (tertiary alicyclic amines) is 1. The fourth-order valence-corrected chi connectivity index (χ4v) is 3.10. The molecule has 0 saturated carbocycles. The molecule has 1 aliphatic rings. The maximum absolute atomic E-state index is 12.6. The fourth-order valence-electron chi connectivity index (χ4n) is 3.10. The second-order valence-corrected chi connectivity index (χ2v) is 6.09. The average molecular weight is 306 g/mol. The van der Waals surface area contributed by atoms with E-state index in [1.807, 2.05) is 37.3 Å². The monoisotopic (exact) mass is 306 g/mol. The minimum Gasteiger partial charge on any atom is -0.395 e. The van der Waals surface area contributed by atoms with Crippen molar-refractivity contribution >= 4 is 5.91 Å². The number of carbonyl (C=O) groups is 1. The third kappa shape index (κ3) is 3.66. The summed E-state index contributed by atoms with van der Waals surface area (Å²) in [4.78, 5) is 19.9. The lowest BCUT2D eigenvalue weighted by Crippen LogP contribution is -2.44. The molecule has 0 radical (unpaired) electrons. The van der Waals surface area contributed by atoms with E-state index < -0.39 is 5.41 Å². The van der Waals surface area contributed by atoms with E-state index in [1.165, 1.54) is 0 Å². The van der Waals surface area contributed by atoms with Gasteiger partial charge in [-0.25, -0.2) is 0 Å². The van der Waals surface area contributed by atoms with Crippen molar-refractivity contribution in [2.24, 2.45) is 5.41 Å². The first-order chi connectivity index (χ1) is 10.6. The maximum Gasteiger partial charge on any atom is 0.230 e. The Hall–Kier alpha value is -1.43. The van der Waals surface area contributed by atoms with E-state index in [0.717, 1.165) is 18.4 Å². The van der Waals surface area contributed by atoms with E-state index in [2.05, 4.69) is 12.4 Å². The van der Waals surface area contributed by atoms with Gasteiger partial charge < -0.3 is 10.0 Å². The van der Waals surface area contributed by atoms with Gasteiger partial charge >= 0.3 is 0 Å². The predicted octanol–water partition coefficient (Wildman–Crippen LogP) is 1.72. The molecule has 0 aliphatic carbocycles. The lowest BCUT2D eigenvalue weighted by atomic mass is 9.80. The van der Waals surface area contributed by atoms with Crippen LogP contribution in [0.2, 0.25) is 0 Å². The number of amides is 1. The number of carbonyl (C=O) groups excluding carboxylic acids is 1. The smallest absolute Gasteiger partial charge is 0.230 e. The summed E-state index contributed by atoms with van der Waals surface area (Å²) in [5.41, 5.74) is 3.70. The van der Waals surface area contributed by atoms with Crippen molar-refractivity contribution in [1.82, 2.24) is 10.4 Å². The summed E-state index contributed by atoms with van der Waals surface area (Å²) in [6.07, 6.45) is 1.74. The molecule has 5 nitrogen and oxygen atoms in total. The topological polar surface area (TPSA) is 61.8 Å².